The van der Waals surface area contributed by atoms with Crippen LogP contribution in [0.5, 0.6) is 5.75 Å². The summed E-state index contributed by atoms with van der Waals surface area (Å²) in [4.78, 5) is 21.9. The minimum absolute atomic E-state index is 0.0629. The molecule has 0 unspecified atom stereocenters. The van der Waals surface area contributed by atoms with Crippen LogP contribution >= 0.6 is 11.8 Å². The Kier molecular flexibility index (Phi) is 7.30. The third-order valence-electron chi connectivity index (χ3n) is 6.07. The number of fused-ring (bicyclic) bond motifs is 1. The standard InChI is InChI=1S/C27H28N4O3S/c1-33-22-12-8-19(9-13-22)17-31-25-24(5-2-14-28-25)30-27(31)35-18-20-6-10-21(11-7-20)26(32)29-16-23-4-3-15-34-23/h2,5-14,23H,3-4,15-18H2,1H3,(H,29,32)/t23-/m1/s1. The summed E-state index contributed by atoms with van der Waals surface area (Å²) < 4.78 is 13.0. The monoisotopic (exact) mass is 488 g/mol. The molecule has 2 aromatic carbocycles. The van der Waals surface area contributed by atoms with Crippen LogP contribution in [0.4, 0.5) is 0 Å². The second kappa shape index (κ2) is 10.9. The summed E-state index contributed by atoms with van der Waals surface area (Å²) in [6, 6.07) is 19.7. The molecule has 5 rings (SSSR count). The van der Waals surface area contributed by atoms with Gasteiger partial charge < -0.3 is 14.8 Å². The van der Waals surface area contributed by atoms with Crippen molar-refractivity contribution in [3.63, 3.8) is 0 Å². The summed E-state index contributed by atoms with van der Waals surface area (Å²) in [5, 5.41) is 3.88. The van der Waals surface area contributed by atoms with Gasteiger partial charge in [-0.25, -0.2) is 9.97 Å². The number of thioether (sulfide) groups is 1. The fourth-order valence-electron chi connectivity index (χ4n) is 4.12. The summed E-state index contributed by atoms with van der Waals surface area (Å²) in [7, 11) is 1.67. The normalized spacial score (nSPS) is 15.4. The van der Waals surface area contributed by atoms with Gasteiger partial charge in [-0.2, -0.15) is 0 Å². The van der Waals surface area contributed by atoms with Crippen LogP contribution < -0.4 is 10.1 Å². The highest BCUT2D eigenvalue weighted by Crippen LogP contribution is 2.27. The topological polar surface area (TPSA) is 78.3 Å². The van der Waals surface area contributed by atoms with Gasteiger partial charge in [-0.3, -0.25) is 9.36 Å². The molecule has 1 N–H and O–H groups in total. The summed E-state index contributed by atoms with van der Waals surface area (Å²) >= 11 is 1.66. The zero-order valence-electron chi connectivity index (χ0n) is 19.6. The number of hydrogen-bond donors (Lipinski definition) is 1. The second-order valence-corrected chi connectivity index (χ2v) is 9.45. The molecule has 35 heavy (non-hydrogen) atoms. The molecule has 0 saturated carbocycles. The first-order valence-electron chi connectivity index (χ1n) is 11.8. The summed E-state index contributed by atoms with van der Waals surface area (Å²) in [6.07, 6.45) is 4.01. The maximum atomic E-state index is 12.4. The molecule has 4 aromatic rings. The molecule has 1 aliphatic rings. The highest BCUT2D eigenvalue weighted by Gasteiger charge is 2.17. The largest absolute Gasteiger partial charge is 0.497 e. The Morgan fingerprint density at radius 1 is 1.14 bits per heavy atom. The first-order valence-corrected chi connectivity index (χ1v) is 12.7. The molecule has 1 saturated heterocycles. The fourth-order valence-corrected chi connectivity index (χ4v) is 5.08. The predicted octanol–water partition coefficient (Wildman–Crippen LogP) is 4.69. The number of amides is 1. The van der Waals surface area contributed by atoms with E-state index in [-0.39, 0.29) is 12.0 Å². The third kappa shape index (κ3) is 5.66. The maximum Gasteiger partial charge on any atom is 0.251 e. The number of methoxy groups -OCH3 is 1. The van der Waals surface area contributed by atoms with E-state index < -0.39 is 0 Å². The fraction of sp³-hybridized carbons (Fsp3) is 0.296. The highest BCUT2D eigenvalue weighted by atomic mass is 32.2. The molecule has 0 bridgehead atoms. The van der Waals surface area contributed by atoms with Crippen molar-refractivity contribution in [2.45, 2.75) is 36.4 Å². The van der Waals surface area contributed by atoms with Crippen LogP contribution in [-0.2, 0) is 17.0 Å². The van der Waals surface area contributed by atoms with Crippen molar-refractivity contribution < 1.29 is 14.3 Å². The van der Waals surface area contributed by atoms with Crippen LogP contribution in [0.2, 0.25) is 0 Å². The van der Waals surface area contributed by atoms with Gasteiger partial charge in [0.2, 0.25) is 0 Å². The molecule has 0 aliphatic carbocycles. The number of ether oxygens (including phenoxy) is 2. The van der Waals surface area contributed by atoms with Crippen LogP contribution in [-0.4, -0.2) is 46.8 Å². The average Bonchev–Trinajstić information content (AvgIpc) is 3.55. The van der Waals surface area contributed by atoms with Gasteiger partial charge in [-0.15, -0.1) is 0 Å². The Labute approximate surface area is 208 Å². The number of aromatic nitrogens is 3. The van der Waals surface area contributed by atoms with Crippen molar-refractivity contribution in [1.29, 1.82) is 0 Å². The average molecular weight is 489 g/mol. The summed E-state index contributed by atoms with van der Waals surface area (Å²) in [5.41, 5.74) is 4.68. The first-order chi connectivity index (χ1) is 17.2. The number of pyridine rings is 1. The van der Waals surface area contributed by atoms with Gasteiger partial charge in [0.15, 0.2) is 10.8 Å². The van der Waals surface area contributed by atoms with E-state index in [1.54, 1.807) is 25.1 Å². The van der Waals surface area contributed by atoms with Crippen molar-refractivity contribution in [2.24, 2.45) is 0 Å². The number of benzene rings is 2. The minimum Gasteiger partial charge on any atom is -0.497 e. The van der Waals surface area contributed by atoms with Gasteiger partial charge in [0.25, 0.3) is 5.91 Å². The molecular formula is C27H28N4O3S. The van der Waals surface area contributed by atoms with Crippen molar-refractivity contribution in [3.05, 3.63) is 83.6 Å². The quantitative estimate of drug-likeness (QED) is 0.345. The molecule has 1 aliphatic heterocycles. The van der Waals surface area contributed by atoms with Gasteiger partial charge in [-0.05, 0) is 60.4 Å². The molecule has 180 valence electrons. The van der Waals surface area contributed by atoms with E-state index >= 15 is 0 Å². The van der Waals surface area contributed by atoms with Gasteiger partial charge >= 0.3 is 0 Å². The third-order valence-corrected chi connectivity index (χ3v) is 7.11. The van der Waals surface area contributed by atoms with Gasteiger partial charge in [0.05, 0.1) is 19.8 Å². The van der Waals surface area contributed by atoms with Crippen molar-refractivity contribution in [3.8, 4) is 5.75 Å². The molecule has 1 atom stereocenters. The van der Waals surface area contributed by atoms with Crippen LogP contribution in [0.15, 0.2) is 72.0 Å². The highest BCUT2D eigenvalue weighted by molar-refractivity contribution is 7.98. The second-order valence-electron chi connectivity index (χ2n) is 8.51. The lowest BCUT2D eigenvalue weighted by atomic mass is 10.1. The summed E-state index contributed by atoms with van der Waals surface area (Å²) in [5.74, 6) is 1.51. The van der Waals surface area contributed by atoms with Crippen molar-refractivity contribution in [1.82, 2.24) is 19.9 Å². The lowest BCUT2D eigenvalue weighted by Gasteiger charge is -2.11. The van der Waals surface area contributed by atoms with Crippen LogP contribution in [0.3, 0.4) is 0 Å². The lowest BCUT2D eigenvalue weighted by molar-refractivity contribution is 0.0858. The number of hydrogen-bond acceptors (Lipinski definition) is 6. The van der Waals surface area contributed by atoms with Gasteiger partial charge in [0, 0.05) is 30.7 Å². The Balaban J connectivity index is 1.26. The van der Waals surface area contributed by atoms with Crippen LogP contribution in [0.1, 0.15) is 34.3 Å². The molecule has 1 fully saturated rings. The Bertz CT molecular complexity index is 1280. The van der Waals surface area contributed by atoms with Crippen LogP contribution in [0, 0.1) is 0 Å². The lowest BCUT2D eigenvalue weighted by Crippen LogP contribution is -2.31. The van der Waals surface area contributed by atoms with Crippen LogP contribution in [0.25, 0.3) is 11.2 Å². The number of rotatable bonds is 9. The van der Waals surface area contributed by atoms with Crippen molar-refractivity contribution >= 4 is 28.8 Å². The van der Waals surface area contributed by atoms with E-state index in [1.807, 2.05) is 48.5 Å². The Hall–Kier alpha value is -3.36. The number of imidazole rings is 1. The molecule has 0 radical (unpaired) electrons. The molecule has 2 aromatic heterocycles. The van der Waals surface area contributed by atoms with Crippen molar-refractivity contribution in [2.75, 3.05) is 20.3 Å². The van der Waals surface area contributed by atoms with E-state index in [0.717, 1.165) is 58.4 Å². The number of carbonyl (C=O) groups excluding carboxylic acids is 1. The summed E-state index contributed by atoms with van der Waals surface area (Å²) in [6.45, 7) is 2.02. The zero-order valence-corrected chi connectivity index (χ0v) is 20.5. The number of nitrogens with one attached hydrogen (secondary N) is 1. The molecule has 0 spiro atoms. The zero-order chi connectivity index (χ0) is 24.0. The van der Waals surface area contributed by atoms with Gasteiger partial charge in [0.1, 0.15) is 11.3 Å². The minimum atomic E-state index is -0.0629. The SMILES string of the molecule is COc1ccc(Cn2c(SCc3ccc(C(=O)NC[C@H]4CCCO4)cc3)nc3cccnc32)cc1. The van der Waals surface area contributed by atoms with E-state index in [2.05, 4.69) is 27.0 Å². The first kappa shape index (κ1) is 23.4. The number of carbonyl (C=O) groups is 1. The van der Waals surface area contributed by atoms with E-state index in [1.165, 1.54) is 0 Å². The molecular weight excluding hydrogens is 460 g/mol. The molecule has 8 heteroatoms. The molecule has 3 heterocycles. The number of nitrogens with zero attached hydrogens (tertiary/aromatic N) is 3. The van der Waals surface area contributed by atoms with Gasteiger partial charge in [-0.1, -0.05) is 36.0 Å². The Morgan fingerprint density at radius 3 is 2.69 bits per heavy atom. The smallest absolute Gasteiger partial charge is 0.251 e. The Morgan fingerprint density at radius 2 is 1.94 bits per heavy atom. The van der Waals surface area contributed by atoms with E-state index in [0.29, 0.717) is 18.7 Å². The molecule has 1 amide bonds. The maximum absolute atomic E-state index is 12.4. The predicted molar refractivity (Wildman–Crippen MR) is 137 cm³/mol. The molecule has 7 nitrogen and oxygen atoms in total. The van der Waals surface area contributed by atoms with E-state index in [9.17, 15) is 4.79 Å². The van der Waals surface area contributed by atoms with E-state index in [4.69, 9.17) is 14.5 Å².